The molecule has 0 fully saturated rings. The lowest BCUT2D eigenvalue weighted by molar-refractivity contribution is -0.135. The first-order chi connectivity index (χ1) is 14.8. The molecular weight excluding hydrogens is 414 g/mol. The van der Waals surface area contributed by atoms with Crippen molar-refractivity contribution in [3.05, 3.63) is 77.8 Å². The normalized spacial score (nSPS) is 18.7. The summed E-state index contributed by atoms with van der Waals surface area (Å²) in [6.45, 7) is 6.09. The quantitative estimate of drug-likeness (QED) is 0.587. The highest BCUT2D eigenvalue weighted by Crippen LogP contribution is 2.43. The van der Waals surface area contributed by atoms with Crippen molar-refractivity contribution in [1.82, 2.24) is 19.8 Å². The molecule has 1 aliphatic rings. The number of carbonyl (C=O) groups excluding carboxylic acids is 1. The third-order valence-electron chi connectivity index (χ3n) is 5.12. The first kappa shape index (κ1) is 21.1. The van der Waals surface area contributed by atoms with Crippen LogP contribution in [0.2, 0.25) is 5.02 Å². The van der Waals surface area contributed by atoms with Gasteiger partial charge in [-0.25, -0.2) is 14.7 Å². The van der Waals surface area contributed by atoms with Gasteiger partial charge in [0.15, 0.2) is 6.61 Å². The lowest BCUT2D eigenvalue weighted by Crippen LogP contribution is -2.36. The Morgan fingerprint density at radius 2 is 1.77 bits per heavy atom. The summed E-state index contributed by atoms with van der Waals surface area (Å²) in [5.74, 6) is 0.388. The highest BCUT2D eigenvalue weighted by Gasteiger charge is 2.46. The number of ether oxygens (including phenoxy) is 1. The largest absolute Gasteiger partial charge is 0.484 e. The molecule has 4 rings (SSSR count). The van der Waals surface area contributed by atoms with Crippen LogP contribution in [0.1, 0.15) is 38.4 Å². The number of hydrazone groups is 1. The zero-order chi connectivity index (χ0) is 22.0. The van der Waals surface area contributed by atoms with E-state index in [1.807, 2.05) is 54.6 Å². The van der Waals surface area contributed by atoms with Gasteiger partial charge in [0.1, 0.15) is 30.5 Å². The maximum absolute atomic E-state index is 13.3. The number of para-hydroxylation sites is 1. The first-order valence-corrected chi connectivity index (χ1v) is 10.4. The summed E-state index contributed by atoms with van der Waals surface area (Å²) in [4.78, 5) is 17.4. The van der Waals surface area contributed by atoms with Crippen molar-refractivity contribution in [2.75, 3.05) is 6.61 Å². The standard InChI is InChI=1S/C23H24ClN5O2/c1-23(2,3)22-21(28-15-25-14-26-28)20(16-9-11-17(24)12-10-16)29(27-22)19(30)13-31-18-7-5-4-6-8-18/h4-12,14-15,20-21H,13H2,1-3H3. The van der Waals surface area contributed by atoms with Gasteiger partial charge in [-0.3, -0.25) is 4.79 Å². The summed E-state index contributed by atoms with van der Waals surface area (Å²) in [5, 5.41) is 11.3. The van der Waals surface area contributed by atoms with Gasteiger partial charge in [-0.05, 0) is 29.8 Å². The van der Waals surface area contributed by atoms with E-state index in [4.69, 9.17) is 21.4 Å². The number of carbonyl (C=O) groups is 1. The second-order valence-corrected chi connectivity index (χ2v) is 8.83. The van der Waals surface area contributed by atoms with E-state index < -0.39 is 6.04 Å². The summed E-state index contributed by atoms with van der Waals surface area (Å²) in [6, 6.07) is 16.0. The molecule has 0 radical (unpaired) electrons. The molecule has 1 aliphatic heterocycles. The Morgan fingerprint density at radius 3 is 2.39 bits per heavy atom. The van der Waals surface area contributed by atoms with Crippen LogP contribution in [0, 0.1) is 5.41 Å². The number of hydrogen-bond donors (Lipinski definition) is 0. The fourth-order valence-electron chi connectivity index (χ4n) is 3.67. The van der Waals surface area contributed by atoms with E-state index in [0.29, 0.717) is 10.8 Å². The van der Waals surface area contributed by atoms with Crippen LogP contribution < -0.4 is 4.74 Å². The highest BCUT2D eigenvalue weighted by atomic mass is 35.5. The van der Waals surface area contributed by atoms with Gasteiger partial charge in [-0.2, -0.15) is 10.2 Å². The van der Waals surface area contributed by atoms with Gasteiger partial charge in [0, 0.05) is 10.4 Å². The lowest BCUT2D eigenvalue weighted by Gasteiger charge is -2.29. The SMILES string of the molecule is CC(C)(C)C1=NN(C(=O)COc2ccccc2)C(c2ccc(Cl)cc2)C1n1cncn1. The van der Waals surface area contributed by atoms with Crippen LogP contribution in [0.5, 0.6) is 5.75 Å². The highest BCUT2D eigenvalue weighted by molar-refractivity contribution is 6.30. The predicted octanol–water partition coefficient (Wildman–Crippen LogP) is 4.54. The molecule has 2 atom stereocenters. The Hall–Kier alpha value is -3.19. The predicted molar refractivity (Wildman–Crippen MR) is 119 cm³/mol. The van der Waals surface area contributed by atoms with Crippen LogP contribution in [0.15, 0.2) is 72.4 Å². The number of amides is 1. The van der Waals surface area contributed by atoms with E-state index in [-0.39, 0.29) is 24.0 Å². The molecular formula is C23H24ClN5O2. The van der Waals surface area contributed by atoms with E-state index >= 15 is 0 Å². The van der Waals surface area contributed by atoms with Crippen LogP contribution in [-0.4, -0.2) is 38.0 Å². The molecule has 2 heterocycles. The van der Waals surface area contributed by atoms with Crippen molar-refractivity contribution in [2.24, 2.45) is 10.5 Å². The van der Waals surface area contributed by atoms with Gasteiger partial charge in [0.2, 0.25) is 0 Å². The minimum atomic E-state index is -0.403. The minimum Gasteiger partial charge on any atom is -0.484 e. The van der Waals surface area contributed by atoms with Crippen molar-refractivity contribution >= 4 is 23.2 Å². The van der Waals surface area contributed by atoms with E-state index in [1.54, 1.807) is 11.0 Å². The van der Waals surface area contributed by atoms with E-state index in [9.17, 15) is 4.79 Å². The summed E-state index contributed by atoms with van der Waals surface area (Å²) in [7, 11) is 0. The van der Waals surface area contributed by atoms with Crippen LogP contribution in [-0.2, 0) is 4.79 Å². The number of nitrogens with zero attached hydrogens (tertiary/aromatic N) is 5. The second kappa shape index (κ2) is 8.51. The van der Waals surface area contributed by atoms with E-state index in [0.717, 1.165) is 11.3 Å². The molecule has 2 aromatic carbocycles. The van der Waals surface area contributed by atoms with Gasteiger partial charge in [0.05, 0.1) is 5.71 Å². The molecule has 31 heavy (non-hydrogen) atoms. The Labute approximate surface area is 186 Å². The molecule has 7 nitrogen and oxygen atoms in total. The molecule has 0 N–H and O–H groups in total. The molecule has 2 unspecified atom stereocenters. The second-order valence-electron chi connectivity index (χ2n) is 8.39. The van der Waals surface area contributed by atoms with Crippen molar-refractivity contribution < 1.29 is 9.53 Å². The Morgan fingerprint density at radius 1 is 1.06 bits per heavy atom. The third kappa shape index (κ3) is 4.46. The summed E-state index contributed by atoms with van der Waals surface area (Å²) in [5.41, 5.74) is 1.45. The van der Waals surface area contributed by atoms with E-state index in [1.165, 1.54) is 11.3 Å². The number of rotatable bonds is 5. The van der Waals surface area contributed by atoms with Gasteiger partial charge >= 0.3 is 0 Å². The molecule has 0 aliphatic carbocycles. The average molecular weight is 438 g/mol. The topological polar surface area (TPSA) is 72.6 Å². The summed E-state index contributed by atoms with van der Waals surface area (Å²) >= 11 is 6.12. The number of aromatic nitrogens is 3. The minimum absolute atomic E-state index is 0.126. The van der Waals surface area contributed by atoms with Crippen molar-refractivity contribution in [2.45, 2.75) is 32.9 Å². The monoisotopic (exact) mass is 437 g/mol. The van der Waals surface area contributed by atoms with Crippen molar-refractivity contribution in [1.29, 1.82) is 0 Å². The van der Waals surface area contributed by atoms with Gasteiger partial charge < -0.3 is 4.74 Å². The molecule has 8 heteroatoms. The fourth-order valence-corrected chi connectivity index (χ4v) is 3.79. The fraction of sp³-hybridized carbons (Fsp3) is 0.304. The summed E-state index contributed by atoms with van der Waals surface area (Å²) < 4.78 is 7.47. The zero-order valence-corrected chi connectivity index (χ0v) is 18.4. The Balaban J connectivity index is 1.72. The number of halogens is 1. The third-order valence-corrected chi connectivity index (χ3v) is 5.37. The first-order valence-electron chi connectivity index (χ1n) is 10.0. The maximum Gasteiger partial charge on any atom is 0.281 e. The molecule has 1 aromatic heterocycles. The molecule has 0 saturated carbocycles. The molecule has 1 amide bonds. The Kier molecular flexibility index (Phi) is 5.78. The molecule has 0 bridgehead atoms. The van der Waals surface area contributed by atoms with Crippen LogP contribution in [0.25, 0.3) is 0 Å². The van der Waals surface area contributed by atoms with Gasteiger partial charge in [-0.15, -0.1) is 0 Å². The Bertz CT molecular complexity index is 1060. The van der Waals surface area contributed by atoms with Crippen LogP contribution in [0.4, 0.5) is 0 Å². The maximum atomic E-state index is 13.3. The molecule has 0 spiro atoms. The summed E-state index contributed by atoms with van der Waals surface area (Å²) in [6.07, 6.45) is 3.14. The molecule has 0 saturated heterocycles. The molecule has 3 aromatic rings. The number of benzene rings is 2. The molecule has 160 valence electrons. The van der Waals surface area contributed by atoms with Crippen molar-refractivity contribution in [3.8, 4) is 5.75 Å². The average Bonchev–Trinajstić information content (AvgIpc) is 3.41. The van der Waals surface area contributed by atoms with Crippen LogP contribution >= 0.6 is 11.6 Å². The number of hydrogen-bond acceptors (Lipinski definition) is 5. The van der Waals surface area contributed by atoms with E-state index in [2.05, 4.69) is 30.9 Å². The van der Waals surface area contributed by atoms with Gasteiger partial charge in [-0.1, -0.05) is 62.7 Å². The van der Waals surface area contributed by atoms with Crippen LogP contribution in [0.3, 0.4) is 0 Å². The smallest absolute Gasteiger partial charge is 0.281 e. The zero-order valence-electron chi connectivity index (χ0n) is 17.6. The van der Waals surface area contributed by atoms with Crippen molar-refractivity contribution in [3.63, 3.8) is 0 Å². The van der Waals surface area contributed by atoms with Gasteiger partial charge in [0.25, 0.3) is 5.91 Å². The lowest BCUT2D eigenvalue weighted by atomic mass is 9.82.